The highest BCUT2D eigenvalue weighted by Crippen LogP contribution is 2.35. The standard InChI is InChI=1S/C24H23BrN2O5/c1-4-7-17-10-16(12-21(31-5-2)23(17)32-15-22(28)30-3)11-18(14-26)24(29)27-20-9-6-8-19(25)13-20/h4,6,8-13H,1,5,7,15H2,2-3H3,(H,27,29)/b18-11-. The summed E-state index contributed by atoms with van der Waals surface area (Å²) < 4.78 is 16.7. The summed E-state index contributed by atoms with van der Waals surface area (Å²) in [5.74, 6) is -0.310. The van der Waals surface area contributed by atoms with Crippen molar-refractivity contribution in [3.05, 3.63) is 70.2 Å². The summed E-state index contributed by atoms with van der Waals surface area (Å²) in [7, 11) is 1.27. The molecule has 1 N–H and O–H groups in total. The summed E-state index contributed by atoms with van der Waals surface area (Å²) >= 11 is 3.34. The van der Waals surface area contributed by atoms with Crippen LogP contribution in [0.5, 0.6) is 11.5 Å². The van der Waals surface area contributed by atoms with Gasteiger partial charge in [0.2, 0.25) is 0 Å². The predicted octanol–water partition coefficient (Wildman–Crippen LogP) is 4.67. The van der Waals surface area contributed by atoms with Gasteiger partial charge in [0.15, 0.2) is 18.1 Å². The van der Waals surface area contributed by atoms with Gasteiger partial charge in [0.05, 0.1) is 13.7 Å². The highest BCUT2D eigenvalue weighted by Gasteiger charge is 2.16. The molecule has 2 rings (SSSR count). The van der Waals surface area contributed by atoms with Gasteiger partial charge in [-0.2, -0.15) is 5.26 Å². The normalized spacial score (nSPS) is 10.6. The van der Waals surface area contributed by atoms with Crippen LogP contribution in [0, 0.1) is 11.3 Å². The number of amides is 1. The zero-order valence-electron chi connectivity index (χ0n) is 17.8. The number of methoxy groups -OCH3 is 1. The van der Waals surface area contributed by atoms with E-state index < -0.39 is 11.9 Å². The number of allylic oxidation sites excluding steroid dienone is 1. The van der Waals surface area contributed by atoms with Crippen molar-refractivity contribution >= 4 is 39.6 Å². The van der Waals surface area contributed by atoms with E-state index in [0.29, 0.717) is 41.3 Å². The molecule has 7 nitrogen and oxygen atoms in total. The van der Waals surface area contributed by atoms with E-state index in [1.165, 1.54) is 13.2 Å². The van der Waals surface area contributed by atoms with Gasteiger partial charge in [0.1, 0.15) is 11.6 Å². The van der Waals surface area contributed by atoms with Crippen molar-refractivity contribution in [1.82, 2.24) is 0 Å². The molecule has 32 heavy (non-hydrogen) atoms. The number of ether oxygens (including phenoxy) is 3. The summed E-state index contributed by atoms with van der Waals surface area (Å²) in [4.78, 5) is 24.1. The van der Waals surface area contributed by atoms with Crippen molar-refractivity contribution in [1.29, 1.82) is 5.26 Å². The largest absolute Gasteiger partial charge is 0.490 e. The summed E-state index contributed by atoms with van der Waals surface area (Å²) in [6.07, 6.45) is 3.56. The maximum Gasteiger partial charge on any atom is 0.343 e. The third-order valence-corrected chi connectivity index (χ3v) is 4.63. The molecule has 8 heteroatoms. The number of benzene rings is 2. The Morgan fingerprint density at radius 3 is 2.66 bits per heavy atom. The molecule has 0 bridgehead atoms. The Hall–Kier alpha value is -3.57. The van der Waals surface area contributed by atoms with Gasteiger partial charge >= 0.3 is 5.97 Å². The number of nitriles is 1. The van der Waals surface area contributed by atoms with Crippen LogP contribution in [0.2, 0.25) is 0 Å². The molecule has 0 aromatic heterocycles. The Balaban J connectivity index is 2.41. The molecule has 0 heterocycles. The number of anilines is 1. The summed E-state index contributed by atoms with van der Waals surface area (Å²) in [5.41, 5.74) is 1.72. The molecule has 0 aliphatic rings. The van der Waals surface area contributed by atoms with Gasteiger partial charge in [-0.3, -0.25) is 4.79 Å². The van der Waals surface area contributed by atoms with E-state index in [2.05, 4.69) is 32.6 Å². The Kier molecular flexibility index (Phi) is 9.51. The fourth-order valence-corrected chi connectivity index (χ4v) is 3.17. The Morgan fingerprint density at radius 2 is 2.03 bits per heavy atom. The third-order valence-electron chi connectivity index (χ3n) is 4.14. The van der Waals surface area contributed by atoms with Gasteiger partial charge in [-0.1, -0.05) is 28.1 Å². The van der Waals surface area contributed by atoms with Crippen LogP contribution in [-0.2, 0) is 20.7 Å². The Labute approximate surface area is 195 Å². The molecule has 0 fully saturated rings. The number of hydrogen-bond donors (Lipinski definition) is 1. The van der Waals surface area contributed by atoms with Crippen LogP contribution in [0.4, 0.5) is 5.69 Å². The number of halogens is 1. The Morgan fingerprint density at radius 1 is 1.25 bits per heavy atom. The molecule has 0 unspecified atom stereocenters. The average molecular weight is 499 g/mol. The van der Waals surface area contributed by atoms with Crippen LogP contribution in [-0.4, -0.2) is 32.2 Å². The van der Waals surface area contributed by atoms with Crippen molar-refractivity contribution in [2.24, 2.45) is 0 Å². The van der Waals surface area contributed by atoms with E-state index in [4.69, 9.17) is 9.47 Å². The molecule has 0 aliphatic heterocycles. The minimum Gasteiger partial charge on any atom is -0.490 e. The minimum absolute atomic E-state index is 0.0831. The van der Waals surface area contributed by atoms with Gasteiger partial charge < -0.3 is 19.5 Å². The molecule has 0 radical (unpaired) electrons. The first-order chi connectivity index (χ1) is 15.4. The lowest BCUT2D eigenvalue weighted by Gasteiger charge is -2.16. The second-order valence-corrected chi connectivity index (χ2v) is 7.35. The van der Waals surface area contributed by atoms with E-state index in [-0.39, 0.29) is 12.2 Å². The number of carbonyl (C=O) groups excluding carboxylic acids is 2. The average Bonchev–Trinajstić information content (AvgIpc) is 2.77. The monoisotopic (exact) mass is 498 g/mol. The van der Waals surface area contributed by atoms with Gasteiger partial charge in [0, 0.05) is 15.7 Å². The summed E-state index contributed by atoms with van der Waals surface area (Å²) in [5, 5.41) is 12.3. The van der Waals surface area contributed by atoms with E-state index in [9.17, 15) is 14.9 Å². The molecule has 166 valence electrons. The summed E-state index contributed by atoms with van der Waals surface area (Å²) in [6.45, 7) is 5.63. The van der Waals surface area contributed by atoms with Crippen LogP contribution >= 0.6 is 15.9 Å². The Bertz CT molecular complexity index is 1070. The third kappa shape index (κ3) is 7.00. The molecule has 2 aromatic carbocycles. The zero-order chi connectivity index (χ0) is 23.5. The summed E-state index contributed by atoms with van der Waals surface area (Å²) in [6, 6.07) is 12.4. The number of esters is 1. The molecule has 1 amide bonds. The maximum absolute atomic E-state index is 12.6. The van der Waals surface area contributed by atoms with Crippen molar-refractivity contribution in [3.8, 4) is 17.6 Å². The number of rotatable bonds is 10. The lowest BCUT2D eigenvalue weighted by atomic mass is 10.0. The van der Waals surface area contributed by atoms with Crippen LogP contribution in [0.3, 0.4) is 0 Å². The van der Waals surface area contributed by atoms with Crippen molar-refractivity contribution in [2.75, 3.05) is 25.6 Å². The molecule has 0 atom stereocenters. The van der Waals surface area contributed by atoms with Crippen LogP contribution in [0.1, 0.15) is 18.1 Å². The quantitative estimate of drug-likeness (QED) is 0.221. The lowest BCUT2D eigenvalue weighted by molar-refractivity contribution is -0.142. The molecule has 0 saturated heterocycles. The van der Waals surface area contributed by atoms with E-state index in [0.717, 1.165) is 4.47 Å². The minimum atomic E-state index is -0.542. The number of nitrogens with zero attached hydrogens (tertiary/aromatic N) is 1. The fraction of sp³-hybridized carbons (Fsp3) is 0.208. The van der Waals surface area contributed by atoms with Gasteiger partial charge in [-0.05, 0) is 55.3 Å². The van der Waals surface area contributed by atoms with Crippen molar-refractivity contribution in [3.63, 3.8) is 0 Å². The second kappa shape index (κ2) is 12.3. The number of nitrogens with one attached hydrogen (secondary N) is 1. The zero-order valence-corrected chi connectivity index (χ0v) is 19.4. The maximum atomic E-state index is 12.6. The number of hydrogen-bond acceptors (Lipinski definition) is 6. The van der Waals surface area contributed by atoms with Gasteiger partial charge in [0.25, 0.3) is 5.91 Å². The van der Waals surface area contributed by atoms with Crippen molar-refractivity contribution in [2.45, 2.75) is 13.3 Å². The smallest absolute Gasteiger partial charge is 0.343 e. The second-order valence-electron chi connectivity index (χ2n) is 6.43. The molecule has 2 aromatic rings. The predicted molar refractivity (Wildman–Crippen MR) is 125 cm³/mol. The highest BCUT2D eigenvalue weighted by atomic mass is 79.9. The van der Waals surface area contributed by atoms with E-state index in [1.807, 2.05) is 19.1 Å². The van der Waals surface area contributed by atoms with Crippen LogP contribution in [0.15, 0.2) is 59.1 Å². The first kappa shape index (κ1) is 24.7. The fourth-order valence-electron chi connectivity index (χ4n) is 2.77. The topological polar surface area (TPSA) is 97.7 Å². The SMILES string of the molecule is C=CCc1cc(/C=C(/C#N)C(=O)Nc2cccc(Br)c2)cc(OCC)c1OCC(=O)OC. The first-order valence-corrected chi connectivity index (χ1v) is 10.5. The highest BCUT2D eigenvalue weighted by molar-refractivity contribution is 9.10. The molecule has 0 aliphatic carbocycles. The number of carbonyl (C=O) groups is 2. The van der Waals surface area contributed by atoms with Crippen LogP contribution in [0.25, 0.3) is 6.08 Å². The van der Waals surface area contributed by atoms with E-state index >= 15 is 0 Å². The van der Waals surface area contributed by atoms with Gasteiger partial charge in [-0.25, -0.2) is 4.79 Å². The first-order valence-electron chi connectivity index (χ1n) is 9.70. The van der Waals surface area contributed by atoms with Crippen molar-refractivity contribution < 1.29 is 23.8 Å². The molecular weight excluding hydrogens is 476 g/mol. The van der Waals surface area contributed by atoms with E-state index in [1.54, 1.807) is 36.4 Å². The molecular formula is C24H23BrN2O5. The van der Waals surface area contributed by atoms with Crippen LogP contribution < -0.4 is 14.8 Å². The molecule has 0 spiro atoms. The van der Waals surface area contributed by atoms with Gasteiger partial charge in [-0.15, -0.1) is 6.58 Å². The lowest BCUT2D eigenvalue weighted by Crippen LogP contribution is -2.14. The molecule has 0 saturated carbocycles.